The molecule has 0 spiro atoms. The molecule has 0 radical (unpaired) electrons. The van der Waals surface area contributed by atoms with Crippen molar-refractivity contribution in [3.8, 4) is 5.75 Å². The summed E-state index contributed by atoms with van der Waals surface area (Å²) in [6.45, 7) is -3.31. The lowest BCUT2D eigenvalue weighted by atomic mass is 10.2. The molecule has 2 rings (SSSR count). The molecule has 128 valence electrons. The summed E-state index contributed by atoms with van der Waals surface area (Å²) in [7, 11) is 0. The van der Waals surface area contributed by atoms with Gasteiger partial charge in [0, 0.05) is 12.1 Å². The Morgan fingerprint density at radius 1 is 1.17 bits per heavy atom. The first-order valence-electron chi connectivity index (χ1n) is 7.04. The summed E-state index contributed by atoms with van der Waals surface area (Å²) in [5.74, 6) is -0.985. The summed E-state index contributed by atoms with van der Waals surface area (Å²) in [6.07, 6.45) is 0.763. The predicted octanol–water partition coefficient (Wildman–Crippen LogP) is 3.46. The van der Waals surface area contributed by atoms with E-state index in [-0.39, 0.29) is 12.2 Å². The van der Waals surface area contributed by atoms with Crippen molar-refractivity contribution in [3.63, 3.8) is 0 Å². The van der Waals surface area contributed by atoms with Crippen LogP contribution in [0.25, 0.3) is 0 Å². The van der Waals surface area contributed by atoms with Crippen LogP contribution in [0.3, 0.4) is 0 Å². The average Bonchev–Trinajstić information content (AvgIpc) is 3.06. The fourth-order valence-electron chi connectivity index (χ4n) is 1.82. The van der Waals surface area contributed by atoms with Crippen LogP contribution < -0.4 is 10.1 Å². The molecule has 0 aliphatic carbocycles. The van der Waals surface area contributed by atoms with Gasteiger partial charge in [-0.2, -0.15) is 20.1 Å². The van der Waals surface area contributed by atoms with Gasteiger partial charge in [-0.3, -0.25) is 9.59 Å². The molecule has 1 heterocycles. The summed E-state index contributed by atoms with van der Waals surface area (Å²) in [6, 6.07) is 7.34. The number of carbonyl (C=O) groups excluding carboxylic acids is 2. The molecule has 0 saturated carbocycles. The monoisotopic (exact) mass is 355 g/mol. The van der Waals surface area contributed by atoms with E-state index in [4.69, 9.17) is 4.74 Å². The van der Waals surface area contributed by atoms with Gasteiger partial charge in [-0.05, 0) is 53.1 Å². The summed E-state index contributed by atoms with van der Waals surface area (Å²) < 4.78 is 33.1. The second-order valence-electron chi connectivity index (χ2n) is 4.74. The number of ether oxygens (including phenoxy) is 2. The highest BCUT2D eigenvalue weighted by atomic mass is 32.1. The lowest BCUT2D eigenvalue weighted by Gasteiger charge is -2.08. The molecule has 1 aromatic heterocycles. The molecule has 8 heteroatoms. The minimum Gasteiger partial charge on any atom is -0.456 e. The Labute approximate surface area is 141 Å². The molecule has 5 nitrogen and oxygen atoms in total. The Hall–Kier alpha value is -2.48. The highest BCUT2D eigenvalue weighted by molar-refractivity contribution is 7.07. The third-order valence-electron chi connectivity index (χ3n) is 2.93. The average molecular weight is 355 g/mol. The number of rotatable bonds is 8. The number of halogens is 2. The normalized spacial score (nSPS) is 10.5. The van der Waals surface area contributed by atoms with Crippen molar-refractivity contribution >= 4 is 28.9 Å². The molecule has 2 aromatic rings. The Balaban J connectivity index is 1.69. The van der Waals surface area contributed by atoms with E-state index >= 15 is 0 Å². The van der Waals surface area contributed by atoms with Crippen LogP contribution in [0, 0.1) is 0 Å². The summed E-state index contributed by atoms with van der Waals surface area (Å²) in [4.78, 5) is 23.2. The van der Waals surface area contributed by atoms with Crippen LogP contribution in [0.4, 0.5) is 14.5 Å². The molecule has 0 aliphatic heterocycles. The molecular weight excluding hydrogens is 340 g/mol. The van der Waals surface area contributed by atoms with E-state index in [1.165, 1.54) is 24.3 Å². The number of aryl methyl sites for hydroxylation is 1. The maximum Gasteiger partial charge on any atom is 0.387 e. The number of esters is 1. The zero-order chi connectivity index (χ0) is 17.4. The maximum atomic E-state index is 12.0. The topological polar surface area (TPSA) is 64.6 Å². The first kappa shape index (κ1) is 17.9. The Kier molecular flexibility index (Phi) is 6.68. The number of nitrogens with one attached hydrogen (secondary N) is 1. The lowest BCUT2D eigenvalue weighted by Crippen LogP contribution is -2.21. The number of benzene rings is 1. The molecular formula is C16H15F2NO4S. The van der Waals surface area contributed by atoms with Crippen molar-refractivity contribution in [1.82, 2.24) is 0 Å². The molecule has 24 heavy (non-hydrogen) atoms. The maximum absolute atomic E-state index is 12.0. The summed E-state index contributed by atoms with van der Waals surface area (Å²) >= 11 is 1.55. The van der Waals surface area contributed by atoms with Crippen LogP contribution >= 0.6 is 11.3 Å². The molecule has 0 atom stereocenters. The standard InChI is InChI=1S/C16H15F2NO4S/c17-16(18)23-13-4-2-12(3-5-13)19-14(20)9-22-15(21)6-1-11-7-8-24-10-11/h2-5,7-8,10,16H,1,6,9H2,(H,19,20). The van der Waals surface area contributed by atoms with Crippen LogP contribution in [0.15, 0.2) is 41.1 Å². The third kappa shape index (κ3) is 6.33. The van der Waals surface area contributed by atoms with Crippen molar-refractivity contribution in [2.45, 2.75) is 19.5 Å². The zero-order valence-electron chi connectivity index (χ0n) is 12.5. The van der Waals surface area contributed by atoms with Crippen molar-refractivity contribution in [2.24, 2.45) is 0 Å². The number of carbonyl (C=O) groups is 2. The molecule has 0 aliphatic rings. The molecule has 0 unspecified atom stereocenters. The van der Waals surface area contributed by atoms with Crippen molar-refractivity contribution < 1.29 is 27.8 Å². The number of hydrogen-bond donors (Lipinski definition) is 1. The van der Waals surface area contributed by atoms with Gasteiger partial charge >= 0.3 is 12.6 Å². The van der Waals surface area contributed by atoms with E-state index in [0.29, 0.717) is 12.1 Å². The highest BCUT2D eigenvalue weighted by Crippen LogP contribution is 2.17. The quantitative estimate of drug-likeness (QED) is 0.737. The van der Waals surface area contributed by atoms with Crippen LogP contribution in [-0.4, -0.2) is 25.1 Å². The number of amides is 1. The SMILES string of the molecule is O=C(COC(=O)CCc1ccsc1)Nc1ccc(OC(F)F)cc1. The number of thiophene rings is 1. The fraction of sp³-hybridized carbons (Fsp3) is 0.250. The molecule has 1 aromatic carbocycles. The molecule has 0 saturated heterocycles. The Bertz CT molecular complexity index is 659. The second-order valence-corrected chi connectivity index (χ2v) is 5.52. The van der Waals surface area contributed by atoms with E-state index in [1.807, 2.05) is 16.8 Å². The van der Waals surface area contributed by atoms with E-state index in [2.05, 4.69) is 10.1 Å². The molecule has 1 N–H and O–H groups in total. The lowest BCUT2D eigenvalue weighted by molar-refractivity contribution is -0.147. The van der Waals surface area contributed by atoms with Gasteiger partial charge in [0.2, 0.25) is 0 Å². The predicted molar refractivity (Wildman–Crippen MR) is 85.3 cm³/mol. The Morgan fingerprint density at radius 3 is 2.54 bits per heavy atom. The molecule has 1 amide bonds. The molecule has 0 fully saturated rings. The third-order valence-corrected chi connectivity index (χ3v) is 3.66. The van der Waals surface area contributed by atoms with Crippen LogP contribution in [0.5, 0.6) is 5.75 Å². The van der Waals surface area contributed by atoms with Gasteiger partial charge in [0.1, 0.15) is 5.75 Å². The van der Waals surface area contributed by atoms with Crippen LogP contribution in [-0.2, 0) is 20.7 Å². The van der Waals surface area contributed by atoms with Gasteiger partial charge in [-0.25, -0.2) is 0 Å². The number of alkyl halides is 2. The largest absolute Gasteiger partial charge is 0.456 e. The fourth-order valence-corrected chi connectivity index (χ4v) is 2.52. The second kappa shape index (κ2) is 8.97. The van der Waals surface area contributed by atoms with E-state index in [1.54, 1.807) is 11.3 Å². The number of hydrogen-bond acceptors (Lipinski definition) is 5. The zero-order valence-corrected chi connectivity index (χ0v) is 13.4. The van der Waals surface area contributed by atoms with E-state index in [9.17, 15) is 18.4 Å². The number of anilines is 1. The summed E-state index contributed by atoms with van der Waals surface area (Å²) in [5, 5.41) is 6.36. The Morgan fingerprint density at radius 2 is 1.92 bits per heavy atom. The van der Waals surface area contributed by atoms with Gasteiger partial charge in [-0.1, -0.05) is 0 Å². The minimum absolute atomic E-state index is 0.0112. The van der Waals surface area contributed by atoms with Gasteiger partial charge in [0.25, 0.3) is 5.91 Å². The van der Waals surface area contributed by atoms with Gasteiger partial charge in [-0.15, -0.1) is 0 Å². The summed E-state index contributed by atoms with van der Waals surface area (Å²) in [5.41, 5.74) is 1.43. The van der Waals surface area contributed by atoms with Gasteiger partial charge in [0.05, 0.1) is 0 Å². The van der Waals surface area contributed by atoms with Crippen molar-refractivity contribution in [3.05, 3.63) is 46.7 Å². The smallest absolute Gasteiger partial charge is 0.387 e. The van der Waals surface area contributed by atoms with Gasteiger partial charge in [0.15, 0.2) is 6.61 Å². The minimum atomic E-state index is -2.90. The highest BCUT2D eigenvalue weighted by Gasteiger charge is 2.09. The van der Waals surface area contributed by atoms with E-state index < -0.39 is 25.1 Å². The van der Waals surface area contributed by atoms with Crippen molar-refractivity contribution in [1.29, 1.82) is 0 Å². The first-order chi connectivity index (χ1) is 11.5. The first-order valence-corrected chi connectivity index (χ1v) is 7.98. The van der Waals surface area contributed by atoms with Gasteiger partial charge < -0.3 is 14.8 Å². The van der Waals surface area contributed by atoms with Crippen LogP contribution in [0.2, 0.25) is 0 Å². The van der Waals surface area contributed by atoms with Crippen LogP contribution in [0.1, 0.15) is 12.0 Å². The van der Waals surface area contributed by atoms with E-state index in [0.717, 1.165) is 5.56 Å². The van der Waals surface area contributed by atoms with Crippen molar-refractivity contribution in [2.75, 3.05) is 11.9 Å². The molecule has 0 bridgehead atoms.